The van der Waals surface area contributed by atoms with Gasteiger partial charge in [-0.1, -0.05) is 0 Å². The molecule has 5 nitrogen and oxygen atoms in total. The zero-order chi connectivity index (χ0) is 15.6. The number of benzene rings is 1. The predicted octanol–water partition coefficient (Wildman–Crippen LogP) is 2.46. The molecule has 0 atom stereocenters. The van der Waals surface area contributed by atoms with Crippen LogP contribution in [-0.2, 0) is 5.54 Å². The quantitative estimate of drug-likeness (QED) is 0.851. The monoisotopic (exact) mass is 304 g/mol. The van der Waals surface area contributed by atoms with Gasteiger partial charge in [0.25, 0.3) is 5.91 Å². The number of thiazole rings is 1. The zero-order valence-electron chi connectivity index (χ0n) is 12.7. The lowest BCUT2D eigenvalue weighted by molar-refractivity contribution is 0.0912. The Morgan fingerprint density at radius 1 is 1.38 bits per heavy atom. The van der Waals surface area contributed by atoms with Crippen LogP contribution in [-0.4, -0.2) is 25.0 Å². The second-order valence-corrected chi connectivity index (χ2v) is 6.48. The number of hydrogen-bond donors (Lipinski definition) is 2. The van der Waals surface area contributed by atoms with Crippen LogP contribution < -0.4 is 16.0 Å². The summed E-state index contributed by atoms with van der Waals surface area (Å²) in [5.41, 5.74) is 7.24. The van der Waals surface area contributed by atoms with Crippen LogP contribution in [0.4, 0.5) is 11.4 Å². The third kappa shape index (κ3) is 3.33. The van der Waals surface area contributed by atoms with E-state index < -0.39 is 5.54 Å². The maximum absolute atomic E-state index is 12.6. The van der Waals surface area contributed by atoms with Crippen molar-refractivity contribution in [1.29, 1.82) is 0 Å². The smallest absolute Gasteiger partial charge is 0.254 e. The average Bonchev–Trinajstić information content (AvgIpc) is 2.92. The van der Waals surface area contributed by atoms with Crippen LogP contribution in [0.5, 0.6) is 0 Å². The highest BCUT2D eigenvalue weighted by molar-refractivity contribution is 7.09. The fraction of sp³-hybridized carbons (Fsp3) is 0.333. The van der Waals surface area contributed by atoms with Gasteiger partial charge in [-0.3, -0.25) is 4.79 Å². The normalized spacial score (nSPS) is 11.2. The lowest BCUT2D eigenvalue weighted by Gasteiger charge is -2.25. The molecule has 0 fully saturated rings. The molecule has 0 unspecified atom stereocenters. The van der Waals surface area contributed by atoms with Gasteiger partial charge in [-0.25, -0.2) is 4.98 Å². The first kappa shape index (κ1) is 15.3. The Morgan fingerprint density at radius 3 is 2.67 bits per heavy atom. The number of aromatic nitrogens is 1. The summed E-state index contributed by atoms with van der Waals surface area (Å²) in [5, 5.41) is 5.79. The molecule has 1 aromatic carbocycles. The van der Waals surface area contributed by atoms with E-state index in [0.717, 1.165) is 10.7 Å². The maximum atomic E-state index is 12.6. The Hall–Kier alpha value is -2.08. The van der Waals surface area contributed by atoms with Gasteiger partial charge in [0.15, 0.2) is 0 Å². The van der Waals surface area contributed by atoms with E-state index in [2.05, 4.69) is 10.3 Å². The molecule has 0 aliphatic rings. The molecule has 3 N–H and O–H groups in total. The second kappa shape index (κ2) is 5.73. The van der Waals surface area contributed by atoms with Crippen molar-refractivity contribution in [2.45, 2.75) is 19.4 Å². The van der Waals surface area contributed by atoms with Crippen LogP contribution in [0.25, 0.3) is 0 Å². The van der Waals surface area contributed by atoms with Gasteiger partial charge in [0, 0.05) is 37.0 Å². The number of carbonyl (C=O) groups is 1. The molecule has 0 aliphatic heterocycles. The van der Waals surface area contributed by atoms with Gasteiger partial charge in [0.2, 0.25) is 0 Å². The molecule has 0 bridgehead atoms. The van der Waals surface area contributed by atoms with E-state index in [1.165, 1.54) is 11.3 Å². The summed E-state index contributed by atoms with van der Waals surface area (Å²) in [4.78, 5) is 18.8. The van der Waals surface area contributed by atoms with Gasteiger partial charge in [-0.2, -0.15) is 0 Å². The van der Waals surface area contributed by atoms with Crippen molar-refractivity contribution in [2.75, 3.05) is 24.7 Å². The van der Waals surface area contributed by atoms with Crippen LogP contribution in [0.15, 0.2) is 29.8 Å². The van der Waals surface area contributed by atoms with E-state index in [9.17, 15) is 4.79 Å². The number of amides is 1. The minimum Gasteiger partial charge on any atom is -0.399 e. The van der Waals surface area contributed by atoms with Crippen molar-refractivity contribution in [1.82, 2.24) is 10.3 Å². The molecule has 6 heteroatoms. The second-order valence-electron chi connectivity index (χ2n) is 5.59. The molecule has 1 aromatic heterocycles. The summed E-state index contributed by atoms with van der Waals surface area (Å²) in [5.74, 6) is -0.161. The minimum absolute atomic E-state index is 0.161. The molecule has 0 saturated carbocycles. The molecule has 1 heterocycles. The van der Waals surface area contributed by atoms with Crippen molar-refractivity contribution in [2.24, 2.45) is 0 Å². The Bertz CT molecular complexity index is 635. The van der Waals surface area contributed by atoms with Gasteiger partial charge >= 0.3 is 0 Å². The largest absolute Gasteiger partial charge is 0.399 e. The summed E-state index contributed by atoms with van der Waals surface area (Å²) in [6, 6.07) is 5.33. The van der Waals surface area contributed by atoms with Gasteiger partial charge < -0.3 is 16.0 Å². The number of anilines is 2. The molecule has 0 spiro atoms. The zero-order valence-corrected chi connectivity index (χ0v) is 13.5. The highest BCUT2D eigenvalue weighted by Crippen LogP contribution is 2.25. The van der Waals surface area contributed by atoms with Crippen LogP contribution in [0, 0.1) is 0 Å². The standard InChI is InChI=1S/C15H20N4OS/c1-15(2,14-17-7-8-21-14)18-13(20)11-9-10(16)5-6-12(11)19(3)4/h5-9H,16H2,1-4H3,(H,18,20). The van der Waals surface area contributed by atoms with Crippen LogP contribution >= 0.6 is 11.3 Å². The van der Waals surface area contributed by atoms with E-state index in [1.807, 2.05) is 44.3 Å². The van der Waals surface area contributed by atoms with Gasteiger partial charge in [0.1, 0.15) is 5.01 Å². The molecule has 0 radical (unpaired) electrons. The van der Waals surface area contributed by atoms with Crippen molar-refractivity contribution in [3.8, 4) is 0 Å². The highest BCUT2D eigenvalue weighted by Gasteiger charge is 2.27. The summed E-state index contributed by atoms with van der Waals surface area (Å²) in [7, 11) is 3.79. The van der Waals surface area contributed by atoms with Gasteiger partial charge in [-0.05, 0) is 32.0 Å². The van der Waals surface area contributed by atoms with E-state index >= 15 is 0 Å². The summed E-state index contributed by atoms with van der Waals surface area (Å²) in [6.07, 6.45) is 1.74. The maximum Gasteiger partial charge on any atom is 0.254 e. The Balaban J connectivity index is 2.31. The molecular weight excluding hydrogens is 284 g/mol. The van der Waals surface area contributed by atoms with Crippen molar-refractivity contribution >= 4 is 28.6 Å². The molecular formula is C15H20N4OS. The van der Waals surface area contributed by atoms with Gasteiger partial charge in [0.05, 0.1) is 11.1 Å². The first-order valence-corrected chi connectivity index (χ1v) is 7.48. The van der Waals surface area contributed by atoms with E-state index in [0.29, 0.717) is 11.3 Å². The van der Waals surface area contributed by atoms with Crippen molar-refractivity contribution in [3.05, 3.63) is 40.3 Å². The lowest BCUT2D eigenvalue weighted by atomic mass is 10.0. The fourth-order valence-corrected chi connectivity index (χ4v) is 2.78. The van der Waals surface area contributed by atoms with E-state index in [-0.39, 0.29) is 5.91 Å². The molecule has 0 aliphatic carbocycles. The highest BCUT2D eigenvalue weighted by atomic mass is 32.1. The Morgan fingerprint density at radius 2 is 2.10 bits per heavy atom. The topological polar surface area (TPSA) is 71.2 Å². The van der Waals surface area contributed by atoms with Crippen LogP contribution in [0.3, 0.4) is 0 Å². The number of carbonyl (C=O) groups excluding carboxylic acids is 1. The number of nitrogens with two attached hydrogens (primary N) is 1. The third-order valence-corrected chi connectivity index (χ3v) is 4.24. The molecule has 1 amide bonds. The number of nitrogen functional groups attached to an aromatic ring is 1. The Labute approximate surface area is 128 Å². The lowest BCUT2D eigenvalue weighted by Crippen LogP contribution is -2.41. The number of hydrogen-bond acceptors (Lipinski definition) is 5. The molecule has 112 valence electrons. The first-order valence-electron chi connectivity index (χ1n) is 6.60. The Kier molecular flexibility index (Phi) is 4.18. The number of nitrogens with zero attached hydrogens (tertiary/aromatic N) is 2. The summed E-state index contributed by atoms with van der Waals surface area (Å²) >= 11 is 1.52. The number of nitrogens with one attached hydrogen (secondary N) is 1. The van der Waals surface area contributed by atoms with E-state index in [4.69, 9.17) is 5.73 Å². The third-order valence-electron chi connectivity index (χ3n) is 3.14. The van der Waals surface area contributed by atoms with Crippen molar-refractivity contribution < 1.29 is 4.79 Å². The van der Waals surface area contributed by atoms with E-state index in [1.54, 1.807) is 18.3 Å². The average molecular weight is 304 g/mol. The molecule has 0 saturated heterocycles. The molecule has 21 heavy (non-hydrogen) atoms. The predicted molar refractivity (Wildman–Crippen MR) is 87.8 cm³/mol. The summed E-state index contributed by atoms with van der Waals surface area (Å²) < 4.78 is 0. The van der Waals surface area contributed by atoms with Crippen LogP contribution in [0.2, 0.25) is 0 Å². The first-order chi connectivity index (χ1) is 9.81. The summed E-state index contributed by atoms with van der Waals surface area (Å²) in [6.45, 7) is 3.87. The fourth-order valence-electron chi connectivity index (χ4n) is 2.06. The van der Waals surface area contributed by atoms with Crippen LogP contribution in [0.1, 0.15) is 29.2 Å². The van der Waals surface area contributed by atoms with Crippen molar-refractivity contribution in [3.63, 3.8) is 0 Å². The molecule has 2 aromatic rings. The SMILES string of the molecule is CN(C)c1ccc(N)cc1C(=O)NC(C)(C)c1nccs1. The van der Waals surface area contributed by atoms with Gasteiger partial charge in [-0.15, -0.1) is 11.3 Å². The number of rotatable bonds is 4. The minimum atomic E-state index is -0.528. The molecule has 2 rings (SSSR count).